The van der Waals surface area contributed by atoms with Gasteiger partial charge < -0.3 is 10.4 Å². The summed E-state index contributed by atoms with van der Waals surface area (Å²) in [5.41, 5.74) is 1.21. The predicted octanol–water partition coefficient (Wildman–Crippen LogP) is 2.40. The number of nitrogens with one attached hydrogen (secondary N) is 2. The topological polar surface area (TPSA) is 78.4 Å². The molecule has 2 aromatic rings. The first-order valence-corrected chi connectivity index (χ1v) is 7.10. The fourth-order valence-electron chi connectivity index (χ4n) is 2.05. The van der Waals surface area contributed by atoms with E-state index in [1.54, 1.807) is 0 Å². The highest BCUT2D eigenvalue weighted by atomic mass is 19.1. The first-order valence-electron chi connectivity index (χ1n) is 7.10. The Hall–Kier alpha value is -2.73. The molecule has 0 fully saturated rings. The van der Waals surface area contributed by atoms with Crippen LogP contribution >= 0.6 is 0 Å². The summed E-state index contributed by atoms with van der Waals surface area (Å²) < 4.78 is 13.1. The van der Waals surface area contributed by atoms with Crippen molar-refractivity contribution in [1.82, 2.24) is 5.32 Å². The van der Waals surface area contributed by atoms with E-state index in [1.807, 2.05) is 30.3 Å². The molecule has 2 aromatic carbocycles. The van der Waals surface area contributed by atoms with Crippen molar-refractivity contribution in [1.29, 1.82) is 0 Å². The van der Waals surface area contributed by atoms with Crippen LogP contribution in [0.3, 0.4) is 0 Å². The molecule has 0 spiro atoms. The van der Waals surface area contributed by atoms with Gasteiger partial charge in [-0.3, -0.25) is 14.9 Å². The van der Waals surface area contributed by atoms with Crippen LogP contribution < -0.4 is 10.6 Å². The lowest BCUT2D eigenvalue weighted by Crippen LogP contribution is -2.39. The predicted molar refractivity (Wildman–Crippen MR) is 84.4 cm³/mol. The molecule has 6 heteroatoms. The van der Waals surface area contributed by atoms with Crippen molar-refractivity contribution < 1.29 is 19.1 Å². The summed E-state index contributed by atoms with van der Waals surface area (Å²) in [4.78, 5) is 23.2. The summed E-state index contributed by atoms with van der Waals surface area (Å²) in [6, 6.07) is 13.7. The zero-order valence-corrected chi connectivity index (χ0v) is 12.3. The molecule has 0 aromatic heterocycles. The van der Waals surface area contributed by atoms with Gasteiger partial charge in [-0.1, -0.05) is 36.4 Å². The molecule has 5 nitrogen and oxygen atoms in total. The van der Waals surface area contributed by atoms with Gasteiger partial charge in [0.05, 0.1) is 6.42 Å². The Balaban J connectivity index is 1.91. The SMILES string of the molecule is O=C(CC(NCc1ccccc1)C(=O)O)Nc1cccc(F)c1. The Bertz CT molecular complexity index is 677. The van der Waals surface area contributed by atoms with Crippen LogP contribution in [0.4, 0.5) is 10.1 Å². The van der Waals surface area contributed by atoms with E-state index in [0.717, 1.165) is 5.56 Å². The molecule has 23 heavy (non-hydrogen) atoms. The van der Waals surface area contributed by atoms with Gasteiger partial charge >= 0.3 is 5.97 Å². The number of carbonyl (C=O) groups excluding carboxylic acids is 1. The lowest BCUT2D eigenvalue weighted by atomic mass is 10.1. The van der Waals surface area contributed by atoms with Crippen molar-refractivity contribution in [3.8, 4) is 0 Å². The monoisotopic (exact) mass is 316 g/mol. The minimum Gasteiger partial charge on any atom is -0.480 e. The Labute approximate surface area is 133 Å². The van der Waals surface area contributed by atoms with E-state index in [4.69, 9.17) is 0 Å². The fourth-order valence-corrected chi connectivity index (χ4v) is 2.05. The molecular formula is C17H17FN2O3. The molecule has 0 aliphatic rings. The van der Waals surface area contributed by atoms with E-state index in [9.17, 15) is 19.1 Å². The van der Waals surface area contributed by atoms with Crippen molar-refractivity contribution in [3.05, 3.63) is 66.0 Å². The maximum Gasteiger partial charge on any atom is 0.321 e. The third-order valence-electron chi connectivity index (χ3n) is 3.19. The van der Waals surface area contributed by atoms with Crippen LogP contribution in [-0.2, 0) is 16.1 Å². The van der Waals surface area contributed by atoms with E-state index in [-0.39, 0.29) is 6.42 Å². The van der Waals surface area contributed by atoms with Gasteiger partial charge in [0.2, 0.25) is 5.91 Å². The second-order valence-corrected chi connectivity index (χ2v) is 5.02. The number of benzene rings is 2. The van der Waals surface area contributed by atoms with Crippen LogP contribution in [0.5, 0.6) is 0 Å². The van der Waals surface area contributed by atoms with E-state index >= 15 is 0 Å². The third kappa shape index (κ3) is 5.52. The first kappa shape index (κ1) is 16.6. The molecule has 2 rings (SSSR count). The van der Waals surface area contributed by atoms with Crippen molar-refractivity contribution in [3.63, 3.8) is 0 Å². The molecule has 0 saturated carbocycles. The summed E-state index contributed by atoms with van der Waals surface area (Å²) in [5, 5.41) is 14.5. The lowest BCUT2D eigenvalue weighted by molar-refractivity contribution is -0.141. The summed E-state index contributed by atoms with van der Waals surface area (Å²) in [6.07, 6.45) is -0.251. The highest BCUT2D eigenvalue weighted by Crippen LogP contribution is 2.10. The Kier molecular flexibility index (Phi) is 5.82. The largest absolute Gasteiger partial charge is 0.480 e. The second kappa shape index (κ2) is 8.05. The van der Waals surface area contributed by atoms with Gasteiger partial charge in [-0.05, 0) is 23.8 Å². The second-order valence-electron chi connectivity index (χ2n) is 5.02. The van der Waals surface area contributed by atoms with Gasteiger partial charge in [-0.15, -0.1) is 0 Å². The molecule has 1 unspecified atom stereocenters. The number of hydrogen-bond donors (Lipinski definition) is 3. The summed E-state index contributed by atoms with van der Waals surface area (Å²) in [6.45, 7) is 0.338. The molecular weight excluding hydrogens is 299 g/mol. The number of carboxylic acids is 1. The van der Waals surface area contributed by atoms with E-state index < -0.39 is 23.7 Å². The van der Waals surface area contributed by atoms with Gasteiger partial charge in [-0.25, -0.2) is 4.39 Å². The number of carboxylic acid groups (broad SMARTS) is 1. The molecule has 3 N–H and O–H groups in total. The maximum absolute atomic E-state index is 13.1. The van der Waals surface area contributed by atoms with Crippen molar-refractivity contribution >= 4 is 17.6 Å². The van der Waals surface area contributed by atoms with Crippen LogP contribution in [0.1, 0.15) is 12.0 Å². The number of amides is 1. The van der Waals surface area contributed by atoms with Gasteiger partial charge in [0, 0.05) is 12.2 Å². The Morgan fingerprint density at radius 1 is 1.09 bits per heavy atom. The smallest absolute Gasteiger partial charge is 0.321 e. The average molecular weight is 316 g/mol. The van der Waals surface area contributed by atoms with Crippen LogP contribution in [0.25, 0.3) is 0 Å². The van der Waals surface area contributed by atoms with Crippen molar-refractivity contribution in [2.24, 2.45) is 0 Å². The van der Waals surface area contributed by atoms with Gasteiger partial charge in [0.25, 0.3) is 0 Å². The minimum atomic E-state index is -1.12. The number of carbonyl (C=O) groups is 2. The molecule has 0 saturated heterocycles. The fraction of sp³-hybridized carbons (Fsp3) is 0.176. The number of rotatable bonds is 7. The van der Waals surface area contributed by atoms with Crippen LogP contribution in [0, 0.1) is 5.82 Å². The zero-order chi connectivity index (χ0) is 16.7. The summed E-state index contributed by atoms with van der Waals surface area (Å²) in [7, 11) is 0. The van der Waals surface area contributed by atoms with E-state index in [1.165, 1.54) is 24.3 Å². The molecule has 1 atom stereocenters. The molecule has 0 radical (unpaired) electrons. The maximum atomic E-state index is 13.1. The zero-order valence-electron chi connectivity index (χ0n) is 12.3. The van der Waals surface area contributed by atoms with Crippen LogP contribution in [0.15, 0.2) is 54.6 Å². The minimum absolute atomic E-state index is 0.251. The lowest BCUT2D eigenvalue weighted by Gasteiger charge is -2.14. The number of hydrogen-bond acceptors (Lipinski definition) is 3. The summed E-state index contributed by atoms with van der Waals surface area (Å²) >= 11 is 0. The van der Waals surface area contributed by atoms with E-state index in [2.05, 4.69) is 10.6 Å². The number of anilines is 1. The normalized spacial score (nSPS) is 11.7. The molecule has 0 heterocycles. The van der Waals surface area contributed by atoms with Crippen LogP contribution in [-0.4, -0.2) is 23.0 Å². The average Bonchev–Trinajstić information content (AvgIpc) is 2.52. The molecule has 1 amide bonds. The summed E-state index contributed by atoms with van der Waals surface area (Å²) in [5.74, 6) is -2.08. The Morgan fingerprint density at radius 2 is 1.83 bits per heavy atom. The number of halogens is 1. The van der Waals surface area contributed by atoms with E-state index in [0.29, 0.717) is 12.2 Å². The molecule has 0 aliphatic heterocycles. The quantitative estimate of drug-likeness (QED) is 0.733. The van der Waals surface area contributed by atoms with Gasteiger partial charge in [0.1, 0.15) is 11.9 Å². The van der Waals surface area contributed by atoms with Gasteiger partial charge in [-0.2, -0.15) is 0 Å². The number of aliphatic carboxylic acids is 1. The standard InChI is InChI=1S/C17H17FN2O3/c18-13-7-4-8-14(9-13)20-16(21)10-15(17(22)23)19-11-12-5-2-1-3-6-12/h1-9,15,19H,10-11H2,(H,20,21)(H,22,23). The molecule has 0 bridgehead atoms. The van der Waals surface area contributed by atoms with Gasteiger partial charge in [0.15, 0.2) is 0 Å². The first-order chi connectivity index (χ1) is 11.0. The van der Waals surface area contributed by atoms with Crippen LogP contribution in [0.2, 0.25) is 0 Å². The highest BCUT2D eigenvalue weighted by Gasteiger charge is 2.20. The molecule has 120 valence electrons. The molecule has 0 aliphatic carbocycles. The van der Waals surface area contributed by atoms with Crippen molar-refractivity contribution in [2.75, 3.05) is 5.32 Å². The Morgan fingerprint density at radius 3 is 2.48 bits per heavy atom. The third-order valence-corrected chi connectivity index (χ3v) is 3.19. The van der Waals surface area contributed by atoms with Crippen molar-refractivity contribution in [2.45, 2.75) is 19.0 Å². The highest BCUT2D eigenvalue weighted by molar-refractivity contribution is 5.94.